The van der Waals surface area contributed by atoms with Crippen LogP contribution in [0.1, 0.15) is 30.2 Å². The molecule has 0 bridgehead atoms. The largest absolute Gasteiger partial charge is 0.345 e. The van der Waals surface area contributed by atoms with Gasteiger partial charge in [-0.05, 0) is 29.9 Å². The van der Waals surface area contributed by atoms with Crippen LogP contribution in [0, 0.1) is 0 Å². The fourth-order valence-electron chi connectivity index (χ4n) is 3.97. The highest BCUT2D eigenvalue weighted by molar-refractivity contribution is 7.19. The number of benzene rings is 1. The average Bonchev–Trinajstić information content (AvgIpc) is 3.01. The van der Waals surface area contributed by atoms with E-state index in [4.69, 9.17) is 0 Å². The summed E-state index contributed by atoms with van der Waals surface area (Å²) in [7, 11) is 0. The second-order valence-electron chi connectivity index (χ2n) is 7.16. The van der Waals surface area contributed by atoms with Gasteiger partial charge in [0.05, 0.1) is 6.54 Å². The molecule has 0 saturated carbocycles. The zero-order valence-electron chi connectivity index (χ0n) is 15.2. The van der Waals surface area contributed by atoms with Gasteiger partial charge in [0.1, 0.15) is 6.04 Å². The summed E-state index contributed by atoms with van der Waals surface area (Å²) in [5.41, 5.74) is 1.41. The Morgan fingerprint density at radius 3 is 2.92 bits per heavy atom. The summed E-state index contributed by atoms with van der Waals surface area (Å²) in [5.74, 6) is 0.0227. The first-order chi connectivity index (χ1) is 12.7. The highest BCUT2D eigenvalue weighted by atomic mass is 32.1. The van der Waals surface area contributed by atoms with Crippen LogP contribution < -0.4 is 5.32 Å². The molecule has 2 aliphatic heterocycles. The van der Waals surface area contributed by atoms with Crippen LogP contribution in [0.5, 0.6) is 0 Å². The van der Waals surface area contributed by atoms with Crippen molar-refractivity contribution in [2.45, 2.75) is 38.8 Å². The molecule has 2 aromatic rings. The Morgan fingerprint density at radius 1 is 1.23 bits per heavy atom. The first kappa shape index (κ1) is 17.5. The molecule has 1 unspecified atom stereocenters. The van der Waals surface area contributed by atoms with Crippen LogP contribution in [0.3, 0.4) is 0 Å². The lowest BCUT2D eigenvalue weighted by atomic mass is 10.0. The molecule has 6 heteroatoms. The Bertz CT molecular complexity index is 832. The van der Waals surface area contributed by atoms with E-state index in [1.165, 1.54) is 33.4 Å². The number of thiophene rings is 1. The topological polar surface area (TPSA) is 52.6 Å². The summed E-state index contributed by atoms with van der Waals surface area (Å²) in [5, 5.41) is 4.07. The number of nitrogens with zero attached hydrogens (tertiary/aromatic N) is 2. The standard InChI is InChI=1S/C20H25N3O2S/c1-2-3-7-18-15(14-6-4-5-8-17(14)26-18)12-22-9-10-23-16(13-22)20(25)21-11-19(23)24/h4-6,8,16H,2-3,7,9-13H2,1H3,(H,21,25). The Morgan fingerprint density at radius 2 is 2.08 bits per heavy atom. The zero-order chi connectivity index (χ0) is 18.1. The predicted molar refractivity (Wildman–Crippen MR) is 104 cm³/mol. The molecule has 0 spiro atoms. The van der Waals surface area contributed by atoms with Crippen molar-refractivity contribution in [2.24, 2.45) is 0 Å². The summed E-state index contributed by atoms with van der Waals surface area (Å²) in [6, 6.07) is 8.28. The fourth-order valence-corrected chi connectivity index (χ4v) is 5.23. The number of carbonyl (C=O) groups is 2. The molecule has 1 atom stereocenters. The van der Waals surface area contributed by atoms with E-state index in [1.807, 2.05) is 11.3 Å². The van der Waals surface area contributed by atoms with Crippen molar-refractivity contribution < 1.29 is 9.59 Å². The van der Waals surface area contributed by atoms with Crippen molar-refractivity contribution in [3.63, 3.8) is 0 Å². The second-order valence-corrected chi connectivity index (χ2v) is 8.30. The molecule has 1 N–H and O–H groups in total. The quantitative estimate of drug-likeness (QED) is 0.878. The van der Waals surface area contributed by atoms with E-state index in [9.17, 15) is 9.59 Å². The molecule has 0 radical (unpaired) electrons. The third kappa shape index (κ3) is 3.23. The molecule has 1 aromatic carbocycles. The minimum absolute atomic E-state index is 0.0179. The van der Waals surface area contributed by atoms with E-state index in [-0.39, 0.29) is 24.4 Å². The van der Waals surface area contributed by atoms with Crippen molar-refractivity contribution in [3.05, 3.63) is 34.7 Å². The van der Waals surface area contributed by atoms with Gasteiger partial charge in [-0.15, -0.1) is 11.3 Å². The van der Waals surface area contributed by atoms with Crippen molar-refractivity contribution in [1.29, 1.82) is 0 Å². The molecule has 4 rings (SSSR count). The van der Waals surface area contributed by atoms with Gasteiger partial charge in [0.2, 0.25) is 11.8 Å². The summed E-state index contributed by atoms with van der Waals surface area (Å²) < 4.78 is 1.35. The highest BCUT2D eigenvalue weighted by Crippen LogP contribution is 2.33. The van der Waals surface area contributed by atoms with Gasteiger partial charge in [-0.3, -0.25) is 14.5 Å². The Hall–Kier alpha value is -1.92. The van der Waals surface area contributed by atoms with Gasteiger partial charge in [-0.25, -0.2) is 0 Å². The maximum Gasteiger partial charge on any atom is 0.244 e. The zero-order valence-corrected chi connectivity index (χ0v) is 16.0. The molecule has 2 saturated heterocycles. The monoisotopic (exact) mass is 371 g/mol. The van der Waals surface area contributed by atoms with Crippen LogP contribution >= 0.6 is 11.3 Å². The third-order valence-electron chi connectivity index (χ3n) is 5.42. The molecule has 138 valence electrons. The van der Waals surface area contributed by atoms with Gasteiger partial charge in [-0.1, -0.05) is 31.5 Å². The molecular formula is C20H25N3O2S. The van der Waals surface area contributed by atoms with Crippen LogP contribution in [0.15, 0.2) is 24.3 Å². The number of hydrogen-bond acceptors (Lipinski definition) is 4. The molecule has 0 aliphatic carbocycles. The average molecular weight is 372 g/mol. The summed E-state index contributed by atoms with van der Waals surface area (Å²) >= 11 is 1.91. The third-order valence-corrected chi connectivity index (χ3v) is 6.70. The number of amides is 2. The van der Waals surface area contributed by atoms with Crippen LogP contribution in [0.2, 0.25) is 0 Å². The Kier molecular flexibility index (Phi) is 4.96. The second kappa shape index (κ2) is 7.37. The Labute approximate surface area is 158 Å². The van der Waals surface area contributed by atoms with Crippen molar-refractivity contribution in [2.75, 3.05) is 26.2 Å². The highest BCUT2D eigenvalue weighted by Gasteiger charge is 2.38. The van der Waals surface area contributed by atoms with Gasteiger partial charge >= 0.3 is 0 Å². The Balaban J connectivity index is 1.57. The SMILES string of the molecule is CCCCc1sc2ccccc2c1CN1CCN2C(=O)CNC(=O)C2C1. The van der Waals surface area contributed by atoms with E-state index in [1.54, 1.807) is 4.90 Å². The van der Waals surface area contributed by atoms with Gasteiger partial charge in [-0.2, -0.15) is 0 Å². The fraction of sp³-hybridized carbons (Fsp3) is 0.500. The van der Waals surface area contributed by atoms with E-state index in [2.05, 4.69) is 41.4 Å². The number of aryl methyl sites for hydroxylation is 1. The van der Waals surface area contributed by atoms with Crippen molar-refractivity contribution >= 4 is 33.2 Å². The molecule has 2 fully saturated rings. The van der Waals surface area contributed by atoms with Crippen LogP contribution in [0.25, 0.3) is 10.1 Å². The first-order valence-electron chi connectivity index (χ1n) is 9.46. The molecule has 5 nitrogen and oxygen atoms in total. The lowest BCUT2D eigenvalue weighted by molar-refractivity contribution is -0.149. The lowest BCUT2D eigenvalue weighted by Crippen LogP contribution is -2.65. The molecular weight excluding hydrogens is 346 g/mol. The van der Waals surface area contributed by atoms with Crippen molar-refractivity contribution in [3.8, 4) is 0 Å². The van der Waals surface area contributed by atoms with Gasteiger partial charge in [0, 0.05) is 35.8 Å². The maximum absolute atomic E-state index is 12.2. The molecule has 3 heterocycles. The van der Waals surface area contributed by atoms with E-state index >= 15 is 0 Å². The smallest absolute Gasteiger partial charge is 0.244 e. The first-order valence-corrected chi connectivity index (χ1v) is 10.3. The summed E-state index contributed by atoms with van der Waals surface area (Å²) in [6.45, 7) is 5.32. The number of nitrogens with one attached hydrogen (secondary N) is 1. The number of piperazine rings is 2. The van der Waals surface area contributed by atoms with Crippen LogP contribution in [-0.2, 0) is 22.6 Å². The van der Waals surface area contributed by atoms with Crippen molar-refractivity contribution in [1.82, 2.24) is 15.1 Å². The minimum atomic E-state index is -0.339. The van der Waals surface area contributed by atoms with Crippen LogP contribution in [0.4, 0.5) is 0 Å². The summed E-state index contributed by atoms with van der Waals surface area (Å²) in [4.78, 5) is 29.8. The van der Waals surface area contributed by atoms with E-state index < -0.39 is 0 Å². The molecule has 2 aliphatic rings. The maximum atomic E-state index is 12.2. The van der Waals surface area contributed by atoms with E-state index in [0.29, 0.717) is 13.1 Å². The molecule has 26 heavy (non-hydrogen) atoms. The predicted octanol–water partition coefficient (Wildman–Crippen LogP) is 2.39. The van der Waals surface area contributed by atoms with Gasteiger partial charge < -0.3 is 10.2 Å². The van der Waals surface area contributed by atoms with Crippen LogP contribution in [-0.4, -0.2) is 53.8 Å². The minimum Gasteiger partial charge on any atom is -0.345 e. The number of carbonyl (C=O) groups excluding carboxylic acids is 2. The number of hydrogen-bond donors (Lipinski definition) is 1. The normalized spacial score (nSPS) is 21.1. The number of rotatable bonds is 5. The van der Waals surface area contributed by atoms with E-state index in [0.717, 1.165) is 19.5 Å². The number of fused-ring (bicyclic) bond motifs is 2. The molecule has 1 aromatic heterocycles. The number of unbranched alkanes of at least 4 members (excludes halogenated alkanes) is 1. The lowest BCUT2D eigenvalue weighted by Gasteiger charge is -2.43. The molecule has 2 amide bonds. The van der Waals surface area contributed by atoms with Gasteiger partial charge in [0.25, 0.3) is 0 Å². The van der Waals surface area contributed by atoms with Gasteiger partial charge in [0.15, 0.2) is 0 Å². The summed E-state index contributed by atoms with van der Waals surface area (Å²) in [6.07, 6.45) is 3.51.